The van der Waals surface area contributed by atoms with Crippen LogP contribution in [0.5, 0.6) is 5.75 Å². The molecule has 0 bridgehead atoms. The Morgan fingerprint density at radius 2 is 1.95 bits per heavy atom. The number of aromatic carboxylic acids is 1. The van der Waals surface area contributed by atoms with Gasteiger partial charge in [-0.15, -0.1) is 0 Å². The quantitative estimate of drug-likeness (QED) is 0.913. The molecule has 0 radical (unpaired) electrons. The number of benzene rings is 2. The van der Waals surface area contributed by atoms with E-state index >= 15 is 0 Å². The van der Waals surface area contributed by atoms with Crippen molar-refractivity contribution in [1.29, 1.82) is 0 Å². The van der Waals surface area contributed by atoms with Gasteiger partial charge in [-0.2, -0.15) is 0 Å². The predicted octanol–water partition coefficient (Wildman–Crippen LogP) is 3.29. The van der Waals surface area contributed by atoms with Crippen molar-refractivity contribution in [1.82, 2.24) is 0 Å². The topological polar surface area (TPSA) is 46.5 Å². The lowest BCUT2D eigenvalue weighted by Crippen LogP contribution is -2.03. The zero-order valence-electron chi connectivity index (χ0n) is 11.0. The maximum atomic E-state index is 11.2. The molecule has 1 N–H and O–H groups in total. The van der Waals surface area contributed by atoms with E-state index in [1.807, 2.05) is 37.3 Å². The number of carbonyl (C=O) groups is 1. The van der Waals surface area contributed by atoms with Crippen molar-refractivity contribution in [2.24, 2.45) is 0 Å². The maximum Gasteiger partial charge on any atom is 0.335 e. The Morgan fingerprint density at radius 1 is 1.21 bits per heavy atom. The first kappa shape index (κ1) is 13.1. The normalized spacial score (nSPS) is 10.2. The minimum absolute atomic E-state index is 0.357. The van der Waals surface area contributed by atoms with Gasteiger partial charge in [0.25, 0.3) is 0 Å². The Morgan fingerprint density at radius 3 is 2.58 bits per heavy atom. The fraction of sp³-hybridized carbons (Fsp3) is 0.188. The Kier molecular flexibility index (Phi) is 3.85. The summed E-state index contributed by atoms with van der Waals surface area (Å²) in [4.78, 5) is 11.2. The SMILES string of the molecule is COc1ccc(Cc2ccccc2C(=O)O)cc1C. The van der Waals surface area contributed by atoms with Crippen molar-refractivity contribution < 1.29 is 14.6 Å². The molecule has 0 heterocycles. The van der Waals surface area contributed by atoms with Crippen LogP contribution in [0.15, 0.2) is 42.5 Å². The van der Waals surface area contributed by atoms with E-state index in [0.717, 1.165) is 22.4 Å². The number of aryl methyl sites for hydroxylation is 1. The molecular weight excluding hydrogens is 240 g/mol. The second-order valence-corrected chi connectivity index (χ2v) is 4.44. The Bertz CT molecular complexity index is 603. The van der Waals surface area contributed by atoms with Gasteiger partial charge in [0.05, 0.1) is 12.7 Å². The summed E-state index contributed by atoms with van der Waals surface area (Å²) in [5.41, 5.74) is 3.30. The summed E-state index contributed by atoms with van der Waals surface area (Å²) in [5.74, 6) is -0.0453. The van der Waals surface area contributed by atoms with E-state index in [4.69, 9.17) is 9.84 Å². The predicted molar refractivity (Wildman–Crippen MR) is 73.9 cm³/mol. The highest BCUT2D eigenvalue weighted by molar-refractivity contribution is 5.89. The third-order valence-corrected chi connectivity index (χ3v) is 3.10. The van der Waals surface area contributed by atoms with Gasteiger partial charge in [0.15, 0.2) is 0 Å². The second-order valence-electron chi connectivity index (χ2n) is 4.44. The van der Waals surface area contributed by atoms with E-state index < -0.39 is 5.97 Å². The van der Waals surface area contributed by atoms with Gasteiger partial charge in [0.2, 0.25) is 0 Å². The Hall–Kier alpha value is -2.29. The number of carboxylic acids is 1. The van der Waals surface area contributed by atoms with Crippen LogP contribution in [-0.4, -0.2) is 18.2 Å². The molecule has 3 heteroatoms. The van der Waals surface area contributed by atoms with Crippen LogP contribution in [0, 0.1) is 6.92 Å². The molecule has 0 saturated heterocycles. The van der Waals surface area contributed by atoms with Crippen molar-refractivity contribution in [2.45, 2.75) is 13.3 Å². The fourth-order valence-electron chi connectivity index (χ4n) is 2.15. The van der Waals surface area contributed by atoms with Crippen molar-refractivity contribution >= 4 is 5.97 Å². The van der Waals surface area contributed by atoms with Gasteiger partial charge in [-0.05, 0) is 42.2 Å². The second kappa shape index (κ2) is 5.57. The first-order valence-corrected chi connectivity index (χ1v) is 6.06. The van der Waals surface area contributed by atoms with Crippen LogP contribution in [-0.2, 0) is 6.42 Å². The maximum absolute atomic E-state index is 11.2. The van der Waals surface area contributed by atoms with Crippen molar-refractivity contribution in [3.8, 4) is 5.75 Å². The smallest absolute Gasteiger partial charge is 0.335 e. The molecule has 0 spiro atoms. The molecule has 0 atom stereocenters. The summed E-state index contributed by atoms with van der Waals surface area (Å²) < 4.78 is 5.22. The number of rotatable bonds is 4. The minimum atomic E-state index is -0.888. The van der Waals surface area contributed by atoms with Crippen LogP contribution in [0.3, 0.4) is 0 Å². The first-order valence-electron chi connectivity index (χ1n) is 6.06. The van der Waals surface area contributed by atoms with Gasteiger partial charge >= 0.3 is 5.97 Å². The van der Waals surface area contributed by atoms with E-state index in [9.17, 15) is 4.79 Å². The van der Waals surface area contributed by atoms with Gasteiger partial charge in [-0.1, -0.05) is 30.3 Å². The lowest BCUT2D eigenvalue weighted by Gasteiger charge is -2.09. The molecule has 2 aromatic carbocycles. The minimum Gasteiger partial charge on any atom is -0.496 e. The van der Waals surface area contributed by atoms with E-state index in [1.165, 1.54) is 0 Å². The summed E-state index contributed by atoms with van der Waals surface area (Å²) in [6, 6.07) is 13.0. The number of hydrogen-bond donors (Lipinski definition) is 1. The monoisotopic (exact) mass is 256 g/mol. The molecule has 0 fully saturated rings. The van der Waals surface area contributed by atoms with Gasteiger partial charge in [-0.25, -0.2) is 4.79 Å². The van der Waals surface area contributed by atoms with Crippen LogP contribution in [0.2, 0.25) is 0 Å². The first-order chi connectivity index (χ1) is 9.11. The van der Waals surface area contributed by atoms with Gasteiger partial charge in [-0.3, -0.25) is 0 Å². The van der Waals surface area contributed by atoms with Crippen LogP contribution in [0.4, 0.5) is 0 Å². The van der Waals surface area contributed by atoms with Crippen molar-refractivity contribution in [3.05, 3.63) is 64.7 Å². The average Bonchev–Trinajstić information content (AvgIpc) is 2.39. The highest BCUT2D eigenvalue weighted by atomic mass is 16.5. The highest BCUT2D eigenvalue weighted by Crippen LogP contribution is 2.21. The van der Waals surface area contributed by atoms with Crippen molar-refractivity contribution in [2.75, 3.05) is 7.11 Å². The van der Waals surface area contributed by atoms with Crippen LogP contribution >= 0.6 is 0 Å². The summed E-state index contributed by atoms with van der Waals surface area (Å²) in [5, 5.41) is 9.16. The Balaban J connectivity index is 2.31. The average molecular weight is 256 g/mol. The van der Waals surface area contributed by atoms with Gasteiger partial charge in [0, 0.05) is 0 Å². The van der Waals surface area contributed by atoms with Gasteiger partial charge < -0.3 is 9.84 Å². The lowest BCUT2D eigenvalue weighted by molar-refractivity contribution is 0.0696. The largest absolute Gasteiger partial charge is 0.496 e. The molecule has 19 heavy (non-hydrogen) atoms. The molecule has 98 valence electrons. The molecule has 2 rings (SSSR count). The van der Waals surface area contributed by atoms with Crippen molar-refractivity contribution in [3.63, 3.8) is 0 Å². The molecule has 3 nitrogen and oxygen atoms in total. The summed E-state index contributed by atoms with van der Waals surface area (Å²) in [6.45, 7) is 1.98. The number of hydrogen-bond acceptors (Lipinski definition) is 2. The molecule has 0 aromatic heterocycles. The van der Waals surface area contributed by atoms with E-state index in [2.05, 4.69) is 0 Å². The lowest BCUT2D eigenvalue weighted by atomic mass is 9.98. The molecule has 0 amide bonds. The molecule has 2 aromatic rings. The molecule has 0 saturated carbocycles. The van der Waals surface area contributed by atoms with E-state index in [0.29, 0.717) is 12.0 Å². The van der Waals surface area contributed by atoms with E-state index in [-0.39, 0.29) is 0 Å². The number of ether oxygens (including phenoxy) is 1. The van der Waals surface area contributed by atoms with Crippen LogP contribution in [0.1, 0.15) is 27.0 Å². The fourth-order valence-corrected chi connectivity index (χ4v) is 2.15. The molecule has 0 aliphatic heterocycles. The van der Waals surface area contributed by atoms with Gasteiger partial charge in [0.1, 0.15) is 5.75 Å². The zero-order chi connectivity index (χ0) is 13.8. The molecule has 0 unspecified atom stereocenters. The summed E-state index contributed by atoms with van der Waals surface area (Å²) >= 11 is 0. The third-order valence-electron chi connectivity index (χ3n) is 3.10. The summed E-state index contributed by atoms with van der Waals surface area (Å²) in [7, 11) is 1.64. The zero-order valence-corrected chi connectivity index (χ0v) is 11.0. The standard InChI is InChI=1S/C16H16O3/c1-11-9-12(7-8-15(11)19-2)10-13-5-3-4-6-14(13)16(17)18/h3-9H,10H2,1-2H3,(H,17,18). The summed E-state index contributed by atoms with van der Waals surface area (Å²) in [6.07, 6.45) is 0.604. The number of carboxylic acid groups (broad SMARTS) is 1. The van der Waals surface area contributed by atoms with Crippen LogP contribution < -0.4 is 4.74 Å². The van der Waals surface area contributed by atoms with Crippen LogP contribution in [0.25, 0.3) is 0 Å². The highest BCUT2D eigenvalue weighted by Gasteiger charge is 2.10. The number of methoxy groups -OCH3 is 1. The Labute approximate surface area is 112 Å². The molecule has 0 aliphatic carbocycles. The molecule has 0 aliphatic rings. The molecular formula is C16H16O3. The third kappa shape index (κ3) is 2.94. The van der Waals surface area contributed by atoms with E-state index in [1.54, 1.807) is 19.2 Å².